The van der Waals surface area contributed by atoms with Crippen LogP contribution in [0, 0.1) is 11.8 Å². The molecule has 4 atom stereocenters. The summed E-state index contributed by atoms with van der Waals surface area (Å²) < 4.78 is 40.0. The lowest BCUT2D eigenvalue weighted by Gasteiger charge is -2.42. The Morgan fingerprint density at radius 2 is 2.00 bits per heavy atom. The molecule has 2 aromatic carbocycles. The van der Waals surface area contributed by atoms with Crippen molar-refractivity contribution < 1.29 is 27.8 Å². The highest BCUT2D eigenvalue weighted by molar-refractivity contribution is 7.90. The molecule has 2 aromatic rings. The molecule has 216 valence electrons. The van der Waals surface area contributed by atoms with Crippen molar-refractivity contribution in [2.75, 3.05) is 31.7 Å². The van der Waals surface area contributed by atoms with E-state index in [1.165, 1.54) is 7.11 Å². The summed E-state index contributed by atoms with van der Waals surface area (Å²) in [6, 6.07) is 10.9. The third-order valence-corrected chi connectivity index (χ3v) is 10.3. The molecule has 0 saturated heterocycles. The number of methoxy groups -OCH3 is 1. The van der Waals surface area contributed by atoms with Gasteiger partial charge in [-0.25, -0.2) is 13.1 Å². The molecule has 0 unspecified atom stereocenters. The van der Waals surface area contributed by atoms with Gasteiger partial charge in [-0.15, -0.1) is 0 Å². The Balaban J connectivity index is 1.54. The minimum Gasteiger partial charge on any atom is -0.487 e. The van der Waals surface area contributed by atoms with Crippen molar-refractivity contribution in [2.45, 2.75) is 56.5 Å². The average molecular weight is 589 g/mol. The first-order valence-electron chi connectivity index (χ1n) is 13.9. The van der Waals surface area contributed by atoms with E-state index in [9.17, 15) is 18.3 Å². The van der Waals surface area contributed by atoms with Gasteiger partial charge in [0.05, 0.1) is 18.4 Å². The number of allylic oxidation sites excluding steroid dienone is 1. The zero-order valence-corrected chi connectivity index (χ0v) is 24.3. The SMILES string of the molecule is COC[C@H]1C/C=C/[C@H](O)[C@@H]2CC[C@H]2CN2CCCCc3cc(Cl)ccc3COc3ccc(cc32)C(=O)NS1(=O)=O. The maximum absolute atomic E-state index is 13.3. The number of halogens is 1. The Bertz CT molecular complexity index is 1360. The molecular weight excluding hydrogens is 552 g/mol. The number of ether oxygens (including phenoxy) is 2. The van der Waals surface area contributed by atoms with E-state index in [2.05, 4.69) is 9.62 Å². The number of carbonyl (C=O) groups is 1. The maximum atomic E-state index is 13.3. The van der Waals surface area contributed by atoms with Gasteiger partial charge in [-0.2, -0.15) is 0 Å². The van der Waals surface area contributed by atoms with Gasteiger partial charge in [-0.1, -0.05) is 29.8 Å². The highest BCUT2D eigenvalue weighted by atomic mass is 35.5. The monoisotopic (exact) mass is 588 g/mol. The third-order valence-electron chi connectivity index (χ3n) is 8.37. The lowest BCUT2D eigenvalue weighted by Crippen LogP contribution is -2.43. The smallest absolute Gasteiger partial charge is 0.264 e. The molecule has 2 aliphatic heterocycles. The van der Waals surface area contributed by atoms with Crippen molar-refractivity contribution in [3.63, 3.8) is 0 Å². The lowest BCUT2D eigenvalue weighted by molar-refractivity contribution is 0.0461. The molecule has 1 aliphatic carbocycles. The summed E-state index contributed by atoms with van der Waals surface area (Å²) in [4.78, 5) is 15.5. The predicted octanol–water partition coefficient (Wildman–Crippen LogP) is 4.48. The Hall–Kier alpha value is -2.59. The number of hydrogen-bond acceptors (Lipinski definition) is 7. The molecule has 10 heteroatoms. The number of fused-ring (bicyclic) bond motifs is 3. The van der Waals surface area contributed by atoms with Crippen LogP contribution in [0.5, 0.6) is 5.75 Å². The molecule has 8 nitrogen and oxygen atoms in total. The molecule has 2 N–H and O–H groups in total. The number of nitrogens with zero attached hydrogens (tertiary/aromatic N) is 1. The summed E-state index contributed by atoms with van der Waals surface area (Å²) in [5.41, 5.74) is 3.22. The Labute approximate surface area is 241 Å². The van der Waals surface area contributed by atoms with Crippen molar-refractivity contribution in [3.05, 3.63) is 70.3 Å². The first kappa shape index (κ1) is 28.9. The van der Waals surface area contributed by atoms with E-state index in [1.807, 2.05) is 18.2 Å². The van der Waals surface area contributed by atoms with E-state index >= 15 is 0 Å². The van der Waals surface area contributed by atoms with Gasteiger partial charge in [0.2, 0.25) is 10.0 Å². The minimum absolute atomic E-state index is 0.0758. The van der Waals surface area contributed by atoms with Crippen LogP contribution in [-0.4, -0.2) is 57.6 Å². The number of rotatable bonds is 2. The zero-order chi connectivity index (χ0) is 28.3. The quantitative estimate of drug-likeness (QED) is 0.498. The molecule has 2 bridgehead atoms. The Morgan fingerprint density at radius 1 is 1.15 bits per heavy atom. The normalized spacial score (nSPS) is 27.7. The number of aryl methyl sites for hydroxylation is 1. The van der Waals surface area contributed by atoms with Crippen LogP contribution in [0.4, 0.5) is 5.69 Å². The number of benzene rings is 2. The molecular formula is C30H37ClN2O6S. The number of carbonyl (C=O) groups excluding carboxylic acids is 1. The number of aliphatic hydroxyl groups excluding tert-OH is 1. The molecule has 1 saturated carbocycles. The van der Waals surface area contributed by atoms with Gasteiger partial charge in [0, 0.05) is 30.8 Å². The average Bonchev–Trinajstić information content (AvgIpc) is 2.93. The summed E-state index contributed by atoms with van der Waals surface area (Å²) >= 11 is 6.28. The standard InChI is InChI=1S/C30H37ClN2O6S/c1-38-19-25-6-4-7-28(34)26-12-9-22(26)17-33-14-3-2-5-20-15-24(31)11-8-23(20)18-39-29-13-10-21(16-27(29)33)30(35)32-40(25,36)37/h4,7-8,10-11,13,15-16,22,25-26,28,34H,2-3,5-6,9,12,14,17-19H2,1H3,(H,32,35)/b7-4+/t22-,25+,26+,28-/m0/s1. The summed E-state index contributed by atoms with van der Waals surface area (Å²) in [6.45, 7) is 1.72. The van der Waals surface area contributed by atoms with E-state index in [1.54, 1.807) is 30.4 Å². The molecule has 0 spiro atoms. The molecule has 1 amide bonds. The topological polar surface area (TPSA) is 105 Å². The van der Waals surface area contributed by atoms with E-state index in [4.69, 9.17) is 21.1 Å². The molecule has 5 rings (SSSR count). The number of sulfonamides is 1. The third kappa shape index (κ3) is 6.48. The van der Waals surface area contributed by atoms with Gasteiger partial charge in [0.25, 0.3) is 5.91 Å². The van der Waals surface area contributed by atoms with Crippen LogP contribution in [0.3, 0.4) is 0 Å². The fraction of sp³-hybridized carbons (Fsp3) is 0.500. The van der Waals surface area contributed by atoms with Gasteiger partial charge in [0.1, 0.15) is 17.6 Å². The molecule has 40 heavy (non-hydrogen) atoms. The number of nitrogens with one attached hydrogen (secondary N) is 1. The van der Waals surface area contributed by atoms with Crippen LogP contribution in [0.1, 0.15) is 53.6 Å². The highest BCUT2D eigenvalue weighted by Crippen LogP contribution is 2.41. The van der Waals surface area contributed by atoms with E-state index in [-0.39, 0.29) is 30.4 Å². The molecule has 1 fully saturated rings. The molecule has 0 aromatic heterocycles. The summed E-state index contributed by atoms with van der Waals surface area (Å²) in [5, 5.41) is 10.7. The van der Waals surface area contributed by atoms with Gasteiger partial charge in [-0.3, -0.25) is 4.79 Å². The second kappa shape index (κ2) is 12.5. The van der Waals surface area contributed by atoms with Crippen molar-refractivity contribution >= 4 is 33.2 Å². The molecule has 2 heterocycles. The minimum atomic E-state index is -4.04. The number of amides is 1. The summed E-state index contributed by atoms with van der Waals surface area (Å²) in [6.07, 6.45) is 7.49. The second-order valence-corrected chi connectivity index (χ2v) is 13.4. The fourth-order valence-electron chi connectivity index (χ4n) is 5.89. The molecule has 3 aliphatic rings. The fourth-order valence-corrected chi connectivity index (χ4v) is 7.31. The van der Waals surface area contributed by atoms with Crippen molar-refractivity contribution in [1.29, 1.82) is 0 Å². The zero-order valence-electron chi connectivity index (χ0n) is 22.7. The van der Waals surface area contributed by atoms with Crippen LogP contribution in [-0.2, 0) is 27.8 Å². The van der Waals surface area contributed by atoms with Gasteiger partial charge >= 0.3 is 0 Å². The number of anilines is 1. The van der Waals surface area contributed by atoms with Crippen molar-refractivity contribution in [3.8, 4) is 5.75 Å². The maximum Gasteiger partial charge on any atom is 0.264 e. The van der Waals surface area contributed by atoms with E-state index in [0.29, 0.717) is 23.9 Å². The van der Waals surface area contributed by atoms with E-state index in [0.717, 1.165) is 55.5 Å². The largest absolute Gasteiger partial charge is 0.487 e. The van der Waals surface area contributed by atoms with Crippen LogP contribution in [0.25, 0.3) is 0 Å². The summed E-state index contributed by atoms with van der Waals surface area (Å²) in [5.74, 6) is 0.268. The lowest BCUT2D eigenvalue weighted by atomic mass is 9.70. The number of hydrogen-bond donors (Lipinski definition) is 2. The summed E-state index contributed by atoms with van der Waals surface area (Å²) in [7, 11) is -2.62. The predicted molar refractivity (Wildman–Crippen MR) is 155 cm³/mol. The van der Waals surface area contributed by atoms with Crippen LogP contribution in [0.2, 0.25) is 5.02 Å². The van der Waals surface area contributed by atoms with Crippen molar-refractivity contribution in [2.24, 2.45) is 11.8 Å². The van der Waals surface area contributed by atoms with Gasteiger partial charge in [0.15, 0.2) is 0 Å². The van der Waals surface area contributed by atoms with Crippen LogP contribution >= 0.6 is 11.6 Å². The van der Waals surface area contributed by atoms with Crippen LogP contribution < -0.4 is 14.4 Å². The van der Waals surface area contributed by atoms with E-state index < -0.39 is 27.3 Å². The first-order chi connectivity index (χ1) is 19.2. The van der Waals surface area contributed by atoms with Gasteiger partial charge in [-0.05, 0) is 91.8 Å². The molecule has 0 radical (unpaired) electrons. The first-order valence-corrected chi connectivity index (χ1v) is 15.9. The Kier molecular flexibility index (Phi) is 9.05. The van der Waals surface area contributed by atoms with Crippen molar-refractivity contribution in [1.82, 2.24) is 4.72 Å². The van der Waals surface area contributed by atoms with Crippen LogP contribution in [0.15, 0.2) is 48.6 Å². The second-order valence-electron chi connectivity index (χ2n) is 11.0. The number of aliphatic hydroxyl groups is 1. The highest BCUT2D eigenvalue weighted by Gasteiger charge is 2.37. The Morgan fingerprint density at radius 3 is 2.77 bits per heavy atom. The van der Waals surface area contributed by atoms with Gasteiger partial charge < -0.3 is 19.5 Å².